The fourth-order valence-electron chi connectivity index (χ4n) is 1.88. The minimum absolute atomic E-state index is 0.592. The third kappa shape index (κ3) is 1.58. The van der Waals surface area contributed by atoms with Crippen LogP contribution in [0.3, 0.4) is 0 Å². The summed E-state index contributed by atoms with van der Waals surface area (Å²) >= 11 is 0. The van der Waals surface area contributed by atoms with Crippen molar-refractivity contribution in [1.82, 2.24) is 5.32 Å². The standard InChI is InChI=1S/C10H19N/c1-10(2)6-5-9(10)11-7-8-3-4-8/h8-9,11H,3-7H2,1-2H3. The van der Waals surface area contributed by atoms with Crippen molar-refractivity contribution in [1.29, 1.82) is 0 Å². The van der Waals surface area contributed by atoms with Crippen molar-refractivity contribution >= 4 is 0 Å². The second-order valence-electron chi connectivity index (χ2n) is 4.93. The summed E-state index contributed by atoms with van der Waals surface area (Å²) in [4.78, 5) is 0. The summed E-state index contributed by atoms with van der Waals surface area (Å²) in [6.07, 6.45) is 5.76. The predicted octanol–water partition coefficient (Wildman–Crippen LogP) is 2.17. The molecule has 1 atom stereocenters. The molecule has 11 heavy (non-hydrogen) atoms. The summed E-state index contributed by atoms with van der Waals surface area (Å²) < 4.78 is 0. The van der Waals surface area contributed by atoms with E-state index in [1.54, 1.807) is 0 Å². The number of hydrogen-bond donors (Lipinski definition) is 1. The Labute approximate surface area is 69.6 Å². The SMILES string of the molecule is CC1(C)CCC1NCC1CC1. The molecule has 0 heterocycles. The van der Waals surface area contributed by atoms with Gasteiger partial charge in [-0.2, -0.15) is 0 Å². The monoisotopic (exact) mass is 153 g/mol. The first-order valence-electron chi connectivity index (χ1n) is 4.92. The van der Waals surface area contributed by atoms with E-state index in [0.717, 1.165) is 12.0 Å². The van der Waals surface area contributed by atoms with E-state index >= 15 is 0 Å². The molecule has 64 valence electrons. The van der Waals surface area contributed by atoms with Crippen LogP contribution in [0.5, 0.6) is 0 Å². The fraction of sp³-hybridized carbons (Fsp3) is 1.00. The maximum Gasteiger partial charge on any atom is 0.0119 e. The first kappa shape index (κ1) is 7.60. The smallest absolute Gasteiger partial charge is 0.0119 e. The van der Waals surface area contributed by atoms with Crippen LogP contribution in [0.1, 0.15) is 39.5 Å². The molecule has 0 aromatic heterocycles. The first-order chi connectivity index (χ1) is 5.18. The zero-order chi connectivity index (χ0) is 7.90. The molecule has 0 bridgehead atoms. The molecule has 1 N–H and O–H groups in total. The summed E-state index contributed by atoms with van der Waals surface area (Å²) in [5.74, 6) is 1.03. The van der Waals surface area contributed by atoms with E-state index < -0.39 is 0 Å². The van der Waals surface area contributed by atoms with Crippen LogP contribution >= 0.6 is 0 Å². The van der Waals surface area contributed by atoms with Crippen molar-refractivity contribution < 1.29 is 0 Å². The second-order valence-corrected chi connectivity index (χ2v) is 4.93. The van der Waals surface area contributed by atoms with Crippen LogP contribution in [0, 0.1) is 11.3 Å². The lowest BCUT2D eigenvalue weighted by molar-refractivity contribution is 0.108. The van der Waals surface area contributed by atoms with E-state index in [1.807, 2.05) is 0 Å². The maximum absolute atomic E-state index is 3.67. The van der Waals surface area contributed by atoms with Gasteiger partial charge in [-0.05, 0) is 43.6 Å². The zero-order valence-corrected chi connectivity index (χ0v) is 7.69. The van der Waals surface area contributed by atoms with Crippen molar-refractivity contribution in [3.63, 3.8) is 0 Å². The minimum Gasteiger partial charge on any atom is -0.313 e. The molecular weight excluding hydrogens is 134 g/mol. The molecule has 0 amide bonds. The minimum atomic E-state index is 0.592. The molecule has 1 heteroatoms. The zero-order valence-electron chi connectivity index (χ0n) is 7.69. The van der Waals surface area contributed by atoms with Crippen molar-refractivity contribution in [2.24, 2.45) is 11.3 Å². The molecule has 0 aliphatic heterocycles. The molecule has 1 nitrogen and oxygen atoms in total. The summed E-state index contributed by atoms with van der Waals surface area (Å²) in [6, 6.07) is 0.822. The van der Waals surface area contributed by atoms with E-state index in [9.17, 15) is 0 Å². The number of nitrogens with one attached hydrogen (secondary N) is 1. The van der Waals surface area contributed by atoms with E-state index in [4.69, 9.17) is 0 Å². The quantitative estimate of drug-likeness (QED) is 0.655. The van der Waals surface area contributed by atoms with Gasteiger partial charge in [-0.25, -0.2) is 0 Å². The molecule has 2 aliphatic rings. The van der Waals surface area contributed by atoms with Crippen molar-refractivity contribution in [2.45, 2.75) is 45.6 Å². The lowest BCUT2D eigenvalue weighted by Crippen LogP contribution is -2.50. The summed E-state index contributed by atoms with van der Waals surface area (Å²) in [5, 5.41) is 3.67. The third-order valence-corrected chi connectivity index (χ3v) is 3.37. The molecule has 0 radical (unpaired) electrons. The van der Waals surface area contributed by atoms with Gasteiger partial charge in [-0.1, -0.05) is 13.8 Å². The number of hydrogen-bond acceptors (Lipinski definition) is 1. The van der Waals surface area contributed by atoms with Crippen molar-refractivity contribution in [3.8, 4) is 0 Å². The fourth-order valence-corrected chi connectivity index (χ4v) is 1.88. The van der Waals surface area contributed by atoms with E-state index in [-0.39, 0.29) is 0 Å². The van der Waals surface area contributed by atoms with Crippen LogP contribution < -0.4 is 5.32 Å². The molecule has 0 saturated heterocycles. The molecule has 2 fully saturated rings. The third-order valence-electron chi connectivity index (χ3n) is 3.37. The average Bonchev–Trinajstić information content (AvgIpc) is 2.70. The highest BCUT2D eigenvalue weighted by Crippen LogP contribution is 2.40. The van der Waals surface area contributed by atoms with Crippen LogP contribution in [-0.4, -0.2) is 12.6 Å². The Morgan fingerprint density at radius 2 is 2.00 bits per heavy atom. The van der Waals surface area contributed by atoms with Gasteiger partial charge in [-0.15, -0.1) is 0 Å². The Hall–Kier alpha value is -0.0400. The molecule has 1 unspecified atom stereocenters. The van der Waals surface area contributed by atoms with E-state index in [1.165, 1.54) is 32.2 Å². The lowest BCUT2D eigenvalue weighted by atomic mass is 9.67. The van der Waals surface area contributed by atoms with Crippen molar-refractivity contribution in [3.05, 3.63) is 0 Å². The summed E-state index contributed by atoms with van der Waals surface area (Å²) in [7, 11) is 0. The van der Waals surface area contributed by atoms with E-state index in [2.05, 4.69) is 19.2 Å². The molecule has 0 aromatic carbocycles. The van der Waals surface area contributed by atoms with Gasteiger partial charge in [0, 0.05) is 6.04 Å². The molecule has 0 aromatic rings. The molecule has 2 saturated carbocycles. The first-order valence-corrected chi connectivity index (χ1v) is 4.92. The van der Waals surface area contributed by atoms with Gasteiger partial charge in [0.2, 0.25) is 0 Å². The second kappa shape index (κ2) is 2.48. The van der Waals surface area contributed by atoms with Crippen molar-refractivity contribution in [2.75, 3.05) is 6.54 Å². The van der Waals surface area contributed by atoms with Gasteiger partial charge in [0.05, 0.1) is 0 Å². The highest BCUT2D eigenvalue weighted by molar-refractivity contribution is 4.95. The Balaban J connectivity index is 1.69. The van der Waals surface area contributed by atoms with Gasteiger partial charge in [-0.3, -0.25) is 0 Å². The lowest BCUT2D eigenvalue weighted by Gasteiger charge is -2.45. The van der Waals surface area contributed by atoms with Crippen LogP contribution in [0.15, 0.2) is 0 Å². The van der Waals surface area contributed by atoms with E-state index in [0.29, 0.717) is 5.41 Å². The van der Waals surface area contributed by atoms with Crippen LogP contribution in [0.25, 0.3) is 0 Å². The van der Waals surface area contributed by atoms with Gasteiger partial charge in [0.15, 0.2) is 0 Å². The van der Waals surface area contributed by atoms with Gasteiger partial charge >= 0.3 is 0 Å². The van der Waals surface area contributed by atoms with Crippen LogP contribution in [0.2, 0.25) is 0 Å². The Bertz CT molecular complexity index is 147. The topological polar surface area (TPSA) is 12.0 Å². The predicted molar refractivity (Wildman–Crippen MR) is 47.5 cm³/mol. The highest BCUT2D eigenvalue weighted by atomic mass is 15.0. The molecule has 0 spiro atoms. The number of rotatable bonds is 3. The summed E-state index contributed by atoms with van der Waals surface area (Å²) in [5.41, 5.74) is 0.592. The molecule has 2 aliphatic carbocycles. The normalized spacial score (nSPS) is 34.9. The summed E-state index contributed by atoms with van der Waals surface area (Å²) in [6.45, 7) is 6.04. The largest absolute Gasteiger partial charge is 0.313 e. The van der Waals surface area contributed by atoms with Gasteiger partial charge in [0.25, 0.3) is 0 Å². The average molecular weight is 153 g/mol. The molecular formula is C10H19N. The van der Waals surface area contributed by atoms with Crippen LogP contribution in [-0.2, 0) is 0 Å². The maximum atomic E-state index is 3.67. The highest BCUT2D eigenvalue weighted by Gasteiger charge is 2.38. The Morgan fingerprint density at radius 3 is 2.36 bits per heavy atom. The van der Waals surface area contributed by atoms with Crippen LogP contribution in [0.4, 0.5) is 0 Å². The Kier molecular flexibility index (Phi) is 1.71. The van der Waals surface area contributed by atoms with Gasteiger partial charge in [0.1, 0.15) is 0 Å². The Morgan fingerprint density at radius 1 is 1.27 bits per heavy atom. The van der Waals surface area contributed by atoms with Gasteiger partial charge < -0.3 is 5.32 Å². The molecule has 2 rings (SSSR count).